The summed E-state index contributed by atoms with van der Waals surface area (Å²) < 4.78 is 10.5. The number of carboxylic acid groups (broad SMARTS) is 1. The van der Waals surface area contributed by atoms with Gasteiger partial charge in [-0.15, -0.1) is 0 Å². The fraction of sp³-hybridized carbons (Fsp3) is 0.526. The van der Waals surface area contributed by atoms with Gasteiger partial charge in [0.2, 0.25) is 11.8 Å². The van der Waals surface area contributed by atoms with Crippen molar-refractivity contribution in [2.45, 2.75) is 37.6 Å². The predicted molar refractivity (Wildman–Crippen MR) is 97.0 cm³/mol. The number of aliphatic carboxylic acids is 1. The molecule has 1 atom stereocenters. The summed E-state index contributed by atoms with van der Waals surface area (Å²) in [4.78, 5) is 37.8. The molecule has 1 saturated heterocycles. The molecule has 0 radical (unpaired) electrons. The van der Waals surface area contributed by atoms with Crippen molar-refractivity contribution in [1.82, 2.24) is 5.32 Å². The molecule has 2 amide bonds. The Morgan fingerprint density at radius 2 is 2.04 bits per heavy atom. The number of amides is 2. The van der Waals surface area contributed by atoms with Crippen LogP contribution in [0, 0.1) is 5.92 Å². The second-order valence-corrected chi connectivity index (χ2v) is 7.14. The number of anilines is 1. The van der Waals surface area contributed by atoms with Crippen LogP contribution in [-0.2, 0) is 14.4 Å². The summed E-state index contributed by atoms with van der Waals surface area (Å²) in [5.74, 6) is -0.779. The Hall–Kier alpha value is -2.77. The number of rotatable bonds is 7. The summed E-state index contributed by atoms with van der Waals surface area (Å²) in [6, 6.07) is 5.15. The standard InChI is InChI=1S/C19H24N2O6/c1-26-13-4-5-14(15(9-13)27-2)21-11-12(8-16(21)22)18(25)20-19(6-3-7-19)10-17(23)24/h4-5,9,12H,3,6-8,10-11H2,1-2H3,(H,20,25)(H,23,24). The average molecular weight is 376 g/mol. The van der Waals surface area contributed by atoms with E-state index in [1.54, 1.807) is 25.3 Å². The topological polar surface area (TPSA) is 105 Å². The van der Waals surface area contributed by atoms with Crippen LogP contribution in [0.4, 0.5) is 5.69 Å². The third-order valence-electron chi connectivity index (χ3n) is 5.36. The number of carbonyl (C=O) groups is 3. The zero-order valence-corrected chi connectivity index (χ0v) is 15.5. The summed E-state index contributed by atoms with van der Waals surface area (Å²) >= 11 is 0. The molecule has 2 N–H and O–H groups in total. The van der Waals surface area contributed by atoms with Crippen molar-refractivity contribution in [3.8, 4) is 11.5 Å². The van der Waals surface area contributed by atoms with Crippen LogP contribution >= 0.6 is 0 Å². The average Bonchev–Trinajstić information content (AvgIpc) is 3.00. The van der Waals surface area contributed by atoms with E-state index in [1.165, 1.54) is 12.0 Å². The van der Waals surface area contributed by atoms with Crippen LogP contribution in [0.2, 0.25) is 0 Å². The van der Waals surface area contributed by atoms with Crippen LogP contribution in [0.1, 0.15) is 32.1 Å². The number of carbonyl (C=O) groups excluding carboxylic acids is 2. The van der Waals surface area contributed by atoms with Crippen LogP contribution in [0.5, 0.6) is 11.5 Å². The quantitative estimate of drug-likeness (QED) is 0.748. The van der Waals surface area contributed by atoms with Gasteiger partial charge in [0.05, 0.1) is 37.8 Å². The largest absolute Gasteiger partial charge is 0.497 e. The first-order chi connectivity index (χ1) is 12.9. The molecule has 2 fully saturated rings. The van der Waals surface area contributed by atoms with E-state index >= 15 is 0 Å². The number of benzene rings is 1. The van der Waals surface area contributed by atoms with E-state index in [-0.39, 0.29) is 31.2 Å². The number of nitrogens with one attached hydrogen (secondary N) is 1. The zero-order chi connectivity index (χ0) is 19.6. The fourth-order valence-electron chi connectivity index (χ4n) is 3.73. The molecular formula is C19H24N2O6. The van der Waals surface area contributed by atoms with Crippen molar-refractivity contribution >= 4 is 23.5 Å². The third-order valence-corrected chi connectivity index (χ3v) is 5.36. The molecule has 1 aliphatic carbocycles. The molecule has 1 aliphatic heterocycles. The molecule has 1 heterocycles. The third kappa shape index (κ3) is 3.84. The number of nitrogens with zero attached hydrogens (tertiary/aromatic N) is 1. The highest BCUT2D eigenvalue weighted by Gasteiger charge is 2.44. The van der Waals surface area contributed by atoms with E-state index in [1.807, 2.05) is 0 Å². The van der Waals surface area contributed by atoms with E-state index in [0.29, 0.717) is 30.0 Å². The van der Waals surface area contributed by atoms with Crippen LogP contribution in [0.25, 0.3) is 0 Å². The Kier molecular flexibility index (Phi) is 5.25. The molecule has 0 spiro atoms. The maximum absolute atomic E-state index is 12.7. The summed E-state index contributed by atoms with van der Waals surface area (Å²) in [5, 5.41) is 12.0. The summed E-state index contributed by atoms with van der Waals surface area (Å²) in [5.41, 5.74) is -0.0838. The molecule has 146 valence electrons. The molecule has 1 aromatic rings. The minimum atomic E-state index is -0.929. The van der Waals surface area contributed by atoms with Crippen LogP contribution in [0.15, 0.2) is 18.2 Å². The van der Waals surface area contributed by atoms with Crippen molar-refractivity contribution in [2.75, 3.05) is 25.7 Å². The Bertz CT molecular complexity index is 759. The predicted octanol–water partition coefficient (Wildman–Crippen LogP) is 1.57. The first-order valence-electron chi connectivity index (χ1n) is 8.94. The molecule has 1 unspecified atom stereocenters. The van der Waals surface area contributed by atoms with Gasteiger partial charge in [0.25, 0.3) is 0 Å². The lowest BCUT2D eigenvalue weighted by Crippen LogP contribution is -2.56. The van der Waals surface area contributed by atoms with Gasteiger partial charge < -0.3 is 24.8 Å². The number of carboxylic acids is 1. The number of hydrogen-bond acceptors (Lipinski definition) is 5. The van der Waals surface area contributed by atoms with Crippen molar-refractivity contribution in [3.05, 3.63) is 18.2 Å². The highest BCUT2D eigenvalue weighted by atomic mass is 16.5. The second kappa shape index (κ2) is 7.46. The van der Waals surface area contributed by atoms with Crippen molar-refractivity contribution in [2.24, 2.45) is 5.92 Å². The van der Waals surface area contributed by atoms with Gasteiger partial charge >= 0.3 is 5.97 Å². The molecule has 8 heteroatoms. The van der Waals surface area contributed by atoms with Crippen LogP contribution in [0.3, 0.4) is 0 Å². The van der Waals surface area contributed by atoms with Gasteiger partial charge in [0.15, 0.2) is 0 Å². The monoisotopic (exact) mass is 376 g/mol. The van der Waals surface area contributed by atoms with E-state index in [9.17, 15) is 14.4 Å². The Labute approximate surface area is 157 Å². The highest BCUT2D eigenvalue weighted by molar-refractivity contribution is 6.01. The summed E-state index contributed by atoms with van der Waals surface area (Å²) in [7, 11) is 3.05. The molecule has 0 bridgehead atoms. The first-order valence-corrected chi connectivity index (χ1v) is 8.94. The highest BCUT2D eigenvalue weighted by Crippen LogP contribution is 2.38. The molecule has 1 aromatic carbocycles. The SMILES string of the molecule is COc1ccc(N2CC(C(=O)NC3(CC(=O)O)CCC3)CC2=O)c(OC)c1. The van der Waals surface area contributed by atoms with Gasteiger partial charge in [-0.2, -0.15) is 0 Å². The minimum Gasteiger partial charge on any atom is -0.497 e. The smallest absolute Gasteiger partial charge is 0.305 e. The Morgan fingerprint density at radius 1 is 1.30 bits per heavy atom. The summed E-state index contributed by atoms with van der Waals surface area (Å²) in [6.45, 7) is 0.233. The lowest BCUT2D eigenvalue weighted by molar-refractivity contribution is -0.141. The zero-order valence-electron chi connectivity index (χ0n) is 15.5. The first kappa shape index (κ1) is 19.0. The summed E-state index contributed by atoms with van der Waals surface area (Å²) in [6.07, 6.45) is 2.20. The van der Waals surface area contributed by atoms with E-state index in [4.69, 9.17) is 14.6 Å². The Morgan fingerprint density at radius 3 is 2.59 bits per heavy atom. The lowest BCUT2D eigenvalue weighted by Gasteiger charge is -2.42. The van der Waals surface area contributed by atoms with Crippen molar-refractivity contribution in [3.63, 3.8) is 0 Å². The molecule has 27 heavy (non-hydrogen) atoms. The molecular weight excluding hydrogens is 352 g/mol. The van der Waals surface area contributed by atoms with Gasteiger partial charge in [-0.25, -0.2) is 0 Å². The molecule has 0 aromatic heterocycles. The van der Waals surface area contributed by atoms with Crippen molar-refractivity contribution < 1.29 is 29.0 Å². The van der Waals surface area contributed by atoms with E-state index in [0.717, 1.165) is 6.42 Å². The fourth-order valence-corrected chi connectivity index (χ4v) is 3.73. The molecule has 3 rings (SSSR count). The molecule has 8 nitrogen and oxygen atoms in total. The van der Waals surface area contributed by atoms with E-state index < -0.39 is 17.4 Å². The van der Waals surface area contributed by atoms with Gasteiger partial charge in [-0.05, 0) is 31.4 Å². The van der Waals surface area contributed by atoms with Crippen molar-refractivity contribution in [1.29, 1.82) is 0 Å². The van der Waals surface area contributed by atoms with Crippen LogP contribution in [-0.4, -0.2) is 49.2 Å². The van der Waals surface area contributed by atoms with Gasteiger partial charge in [0.1, 0.15) is 11.5 Å². The second-order valence-electron chi connectivity index (χ2n) is 7.14. The molecule has 1 saturated carbocycles. The number of ether oxygens (including phenoxy) is 2. The number of hydrogen-bond donors (Lipinski definition) is 2. The van der Waals surface area contributed by atoms with Gasteiger partial charge in [-0.1, -0.05) is 0 Å². The number of methoxy groups -OCH3 is 2. The maximum Gasteiger partial charge on any atom is 0.305 e. The normalized spacial score (nSPS) is 20.7. The van der Waals surface area contributed by atoms with Gasteiger partial charge in [0, 0.05) is 19.0 Å². The van der Waals surface area contributed by atoms with E-state index in [2.05, 4.69) is 5.32 Å². The molecule has 2 aliphatic rings. The lowest BCUT2D eigenvalue weighted by atomic mass is 9.74. The Balaban J connectivity index is 1.72. The van der Waals surface area contributed by atoms with Gasteiger partial charge in [-0.3, -0.25) is 14.4 Å². The maximum atomic E-state index is 12.7. The minimum absolute atomic E-state index is 0.0875. The van der Waals surface area contributed by atoms with Crippen LogP contribution < -0.4 is 19.7 Å².